The van der Waals surface area contributed by atoms with E-state index in [0.29, 0.717) is 17.3 Å². The molecule has 4 rings (SSSR count). The summed E-state index contributed by atoms with van der Waals surface area (Å²) in [6.45, 7) is 7.74. The predicted octanol–water partition coefficient (Wildman–Crippen LogP) is 3.72. The standard InChI is InChI=1S/C20H21N5O2/c1-11-5-7-15(12(2)9-11)24-19(26)17-14(4)23-20-21-10-22-25(20)18(17)16-8-6-13(3)27-16/h5-10,18H,1-4H3,(H,24,26)(H,21,22,23)/t18-/m1/s1. The second kappa shape index (κ2) is 6.42. The minimum Gasteiger partial charge on any atom is -0.464 e. The van der Waals surface area contributed by atoms with Crippen molar-refractivity contribution in [2.45, 2.75) is 33.7 Å². The molecule has 1 aromatic carbocycles. The van der Waals surface area contributed by atoms with Crippen LogP contribution in [0.5, 0.6) is 0 Å². The number of aromatic nitrogens is 3. The summed E-state index contributed by atoms with van der Waals surface area (Å²) in [6, 6.07) is 9.20. The van der Waals surface area contributed by atoms with Gasteiger partial charge in [-0.25, -0.2) is 4.68 Å². The number of carbonyl (C=O) groups is 1. The zero-order chi connectivity index (χ0) is 19.1. The average molecular weight is 363 g/mol. The van der Waals surface area contributed by atoms with Crippen LogP contribution in [-0.2, 0) is 4.79 Å². The van der Waals surface area contributed by atoms with Gasteiger partial charge in [0.25, 0.3) is 5.91 Å². The molecule has 2 aromatic heterocycles. The van der Waals surface area contributed by atoms with Crippen molar-refractivity contribution in [1.29, 1.82) is 0 Å². The first kappa shape index (κ1) is 17.1. The molecule has 1 amide bonds. The van der Waals surface area contributed by atoms with E-state index in [1.54, 1.807) is 4.68 Å². The van der Waals surface area contributed by atoms with Gasteiger partial charge in [-0.2, -0.15) is 10.1 Å². The third-order valence-electron chi connectivity index (χ3n) is 4.70. The topological polar surface area (TPSA) is 85.0 Å². The summed E-state index contributed by atoms with van der Waals surface area (Å²) in [6.07, 6.45) is 1.46. The quantitative estimate of drug-likeness (QED) is 0.741. The van der Waals surface area contributed by atoms with Gasteiger partial charge in [-0.15, -0.1) is 0 Å². The maximum Gasteiger partial charge on any atom is 0.256 e. The number of hydrogen-bond donors (Lipinski definition) is 2. The zero-order valence-electron chi connectivity index (χ0n) is 15.7. The van der Waals surface area contributed by atoms with Crippen molar-refractivity contribution in [3.05, 3.63) is 70.6 Å². The van der Waals surface area contributed by atoms with Crippen molar-refractivity contribution in [2.75, 3.05) is 10.6 Å². The highest BCUT2D eigenvalue weighted by Crippen LogP contribution is 2.36. The lowest BCUT2D eigenvalue weighted by Gasteiger charge is -2.27. The Hall–Kier alpha value is -3.35. The Kier molecular flexibility index (Phi) is 4.07. The lowest BCUT2D eigenvalue weighted by molar-refractivity contribution is -0.113. The Morgan fingerprint density at radius 2 is 2.00 bits per heavy atom. The molecule has 0 unspecified atom stereocenters. The number of nitrogens with one attached hydrogen (secondary N) is 2. The number of aryl methyl sites for hydroxylation is 3. The van der Waals surface area contributed by atoms with E-state index in [9.17, 15) is 4.79 Å². The van der Waals surface area contributed by atoms with Gasteiger partial charge in [-0.1, -0.05) is 17.7 Å². The van der Waals surface area contributed by atoms with Crippen LogP contribution in [0.4, 0.5) is 11.6 Å². The second-order valence-electron chi connectivity index (χ2n) is 6.82. The summed E-state index contributed by atoms with van der Waals surface area (Å²) in [5, 5.41) is 10.5. The number of fused-ring (bicyclic) bond motifs is 1. The molecule has 1 aliphatic heterocycles. The molecule has 7 heteroatoms. The lowest BCUT2D eigenvalue weighted by atomic mass is 9.99. The highest BCUT2D eigenvalue weighted by Gasteiger charge is 2.35. The largest absolute Gasteiger partial charge is 0.464 e. The Balaban J connectivity index is 1.75. The number of amides is 1. The molecule has 138 valence electrons. The van der Waals surface area contributed by atoms with Gasteiger partial charge in [0.05, 0.1) is 5.57 Å². The SMILES string of the molecule is CC1=C(C(=O)Nc2ccc(C)cc2C)[C@@H](c2ccc(C)o2)n2ncnc2N1. The van der Waals surface area contributed by atoms with Crippen LogP contribution < -0.4 is 10.6 Å². The fourth-order valence-electron chi connectivity index (χ4n) is 3.39. The van der Waals surface area contributed by atoms with Gasteiger partial charge in [0.15, 0.2) is 0 Å². The molecule has 2 N–H and O–H groups in total. The van der Waals surface area contributed by atoms with Crippen LogP contribution in [0, 0.1) is 20.8 Å². The smallest absolute Gasteiger partial charge is 0.256 e. The van der Waals surface area contributed by atoms with Gasteiger partial charge in [-0.3, -0.25) is 4.79 Å². The van der Waals surface area contributed by atoms with E-state index < -0.39 is 6.04 Å². The summed E-state index contributed by atoms with van der Waals surface area (Å²) < 4.78 is 7.51. The summed E-state index contributed by atoms with van der Waals surface area (Å²) in [5.41, 5.74) is 4.21. The molecule has 0 saturated heterocycles. The van der Waals surface area contributed by atoms with E-state index in [4.69, 9.17) is 4.42 Å². The Morgan fingerprint density at radius 1 is 1.19 bits per heavy atom. The molecule has 27 heavy (non-hydrogen) atoms. The number of benzene rings is 1. The Bertz CT molecular complexity index is 1060. The van der Waals surface area contributed by atoms with E-state index in [-0.39, 0.29) is 5.91 Å². The van der Waals surface area contributed by atoms with Crippen LogP contribution in [0.2, 0.25) is 0 Å². The molecule has 1 aliphatic rings. The second-order valence-corrected chi connectivity index (χ2v) is 6.82. The molecule has 7 nitrogen and oxygen atoms in total. The molecular formula is C20H21N5O2. The number of allylic oxidation sites excluding steroid dienone is 1. The van der Waals surface area contributed by atoms with E-state index >= 15 is 0 Å². The van der Waals surface area contributed by atoms with Gasteiger partial charge in [-0.05, 0) is 51.5 Å². The molecule has 0 bridgehead atoms. The van der Waals surface area contributed by atoms with E-state index in [1.807, 2.05) is 58.0 Å². The summed E-state index contributed by atoms with van der Waals surface area (Å²) in [4.78, 5) is 17.4. The van der Waals surface area contributed by atoms with Crippen LogP contribution in [0.1, 0.15) is 35.6 Å². The number of rotatable bonds is 3. The van der Waals surface area contributed by atoms with Crippen LogP contribution in [0.15, 0.2) is 52.3 Å². The Morgan fingerprint density at radius 3 is 2.70 bits per heavy atom. The number of carbonyl (C=O) groups excluding carboxylic acids is 1. The number of furan rings is 1. The molecule has 0 spiro atoms. The van der Waals surface area contributed by atoms with E-state index in [2.05, 4.69) is 20.7 Å². The molecule has 3 heterocycles. The van der Waals surface area contributed by atoms with Gasteiger partial charge >= 0.3 is 0 Å². The summed E-state index contributed by atoms with van der Waals surface area (Å²) in [7, 11) is 0. The molecule has 0 saturated carbocycles. The molecule has 0 radical (unpaired) electrons. The van der Waals surface area contributed by atoms with Crippen molar-refractivity contribution in [1.82, 2.24) is 14.8 Å². The van der Waals surface area contributed by atoms with E-state index in [0.717, 1.165) is 28.3 Å². The van der Waals surface area contributed by atoms with Crippen molar-refractivity contribution in [3.63, 3.8) is 0 Å². The van der Waals surface area contributed by atoms with E-state index in [1.165, 1.54) is 6.33 Å². The lowest BCUT2D eigenvalue weighted by Crippen LogP contribution is -2.31. The molecule has 0 aliphatic carbocycles. The van der Waals surface area contributed by atoms with Gasteiger partial charge in [0, 0.05) is 11.4 Å². The third-order valence-corrected chi connectivity index (χ3v) is 4.70. The summed E-state index contributed by atoms with van der Waals surface area (Å²) >= 11 is 0. The minimum absolute atomic E-state index is 0.202. The van der Waals surface area contributed by atoms with Crippen LogP contribution in [0.25, 0.3) is 0 Å². The maximum absolute atomic E-state index is 13.2. The highest BCUT2D eigenvalue weighted by atomic mass is 16.3. The first-order valence-electron chi connectivity index (χ1n) is 8.76. The minimum atomic E-state index is -0.483. The van der Waals surface area contributed by atoms with Gasteiger partial charge in [0.2, 0.25) is 5.95 Å². The fourth-order valence-corrected chi connectivity index (χ4v) is 3.39. The highest BCUT2D eigenvalue weighted by molar-refractivity contribution is 6.06. The first-order chi connectivity index (χ1) is 12.9. The van der Waals surface area contributed by atoms with Crippen molar-refractivity contribution in [2.24, 2.45) is 0 Å². The first-order valence-corrected chi connectivity index (χ1v) is 8.76. The number of anilines is 2. The zero-order valence-corrected chi connectivity index (χ0v) is 15.7. The monoisotopic (exact) mass is 363 g/mol. The third kappa shape index (κ3) is 3.01. The Labute approximate surface area is 157 Å². The predicted molar refractivity (Wildman–Crippen MR) is 102 cm³/mol. The molecule has 3 aromatic rings. The van der Waals surface area contributed by atoms with Crippen molar-refractivity contribution in [3.8, 4) is 0 Å². The van der Waals surface area contributed by atoms with Gasteiger partial charge in [0.1, 0.15) is 23.9 Å². The van der Waals surface area contributed by atoms with Crippen molar-refractivity contribution >= 4 is 17.5 Å². The van der Waals surface area contributed by atoms with Gasteiger partial charge < -0.3 is 15.1 Å². The number of hydrogen-bond acceptors (Lipinski definition) is 5. The van der Waals surface area contributed by atoms with Crippen molar-refractivity contribution < 1.29 is 9.21 Å². The molecular weight excluding hydrogens is 342 g/mol. The number of nitrogens with zero attached hydrogens (tertiary/aromatic N) is 3. The van der Waals surface area contributed by atoms with Crippen LogP contribution in [-0.4, -0.2) is 20.7 Å². The van der Waals surface area contributed by atoms with Crippen LogP contribution in [0.3, 0.4) is 0 Å². The average Bonchev–Trinajstić information content (AvgIpc) is 3.24. The molecule has 0 fully saturated rings. The maximum atomic E-state index is 13.2. The fraction of sp³-hybridized carbons (Fsp3) is 0.250. The normalized spacial score (nSPS) is 16.1. The molecule has 1 atom stereocenters. The summed E-state index contributed by atoms with van der Waals surface area (Å²) in [5.74, 6) is 1.80. The van der Waals surface area contributed by atoms with Crippen LogP contribution >= 0.6 is 0 Å².